The average molecular weight is 387 g/mol. The average Bonchev–Trinajstić information content (AvgIpc) is 2.65. The van der Waals surface area contributed by atoms with Crippen molar-refractivity contribution < 1.29 is 13.2 Å². The third-order valence-corrected chi connectivity index (χ3v) is 6.89. The second-order valence-electron chi connectivity index (χ2n) is 7.41. The van der Waals surface area contributed by atoms with Crippen molar-refractivity contribution in [1.82, 2.24) is 4.31 Å². The Labute approximate surface area is 161 Å². The van der Waals surface area contributed by atoms with Crippen LogP contribution in [-0.4, -0.2) is 31.7 Å². The zero-order valence-electron chi connectivity index (χ0n) is 16.0. The van der Waals surface area contributed by atoms with Gasteiger partial charge in [-0.05, 0) is 74.1 Å². The number of piperidine rings is 1. The monoisotopic (exact) mass is 386 g/mol. The van der Waals surface area contributed by atoms with Crippen LogP contribution in [0, 0.1) is 19.8 Å². The molecule has 144 valence electrons. The van der Waals surface area contributed by atoms with Gasteiger partial charge in [0, 0.05) is 24.3 Å². The van der Waals surface area contributed by atoms with Gasteiger partial charge in [-0.1, -0.05) is 19.1 Å². The highest BCUT2D eigenvalue weighted by Gasteiger charge is 2.28. The van der Waals surface area contributed by atoms with E-state index in [1.807, 2.05) is 32.0 Å². The molecule has 27 heavy (non-hydrogen) atoms. The summed E-state index contributed by atoms with van der Waals surface area (Å²) in [6.45, 7) is 7.09. The minimum absolute atomic E-state index is 0.236. The van der Waals surface area contributed by atoms with E-state index >= 15 is 0 Å². The zero-order valence-corrected chi connectivity index (χ0v) is 16.8. The van der Waals surface area contributed by atoms with Gasteiger partial charge >= 0.3 is 0 Å². The molecule has 2 aromatic rings. The summed E-state index contributed by atoms with van der Waals surface area (Å²) in [7, 11) is -3.51. The molecule has 0 saturated carbocycles. The van der Waals surface area contributed by atoms with E-state index in [-0.39, 0.29) is 10.8 Å². The normalized spacial score (nSPS) is 18.3. The van der Waals surface area contributed by atoms with E-state index in [9.17, 15) is 13.2 Å². The van der Waals surface area contributed by atoms with Crippen molar-refractivity contribution in [3.63, 3.8) is 0 Å². The number of nitrogens with zero attached hydrogens (tertiary/aromatic N) is 1. The minimum atomic E-state index is -3.51. The number of hydrogen-bond donors (Lipinski definition) is 1. The van der Waals surface area contributed by atoms with Gasteiger partial charge in [0.05, 0.1) is 4.90 Å². The quantitative estimate of drug-likeness (QED) is 0.864. The Kier molecular flexibility index (Phi) is 5.67. The fourth-order valence-electron chi connectivity index (χ4n) is 3.36. The van der Waals surface area contributed by atoms with Gasteiger partial charge in [-0.2, -0.15) is 4.31 Å². The highest BCUT2D eigenvalue weighted by molar-refractivity contribution is 7.89. The molecule has 1 fully saturated rings. The first kappa shape index (κ1) is 19.6. The molecular weight excluding hydrogens is 360 g/mol. The van der Waals surface area contributed by atoms with Crippen LogP contribution in [0.2, 0.25) is 0 Å². The van der Waals surface area contributed by atoms with Crippen molar-refractivity contribution in [2.45, 2.75) is 38.5 Å². The molecule has 0 radical (unpaired) electrons. The third-order valence-electron chi connectivity index (χ3n) is 5.02. The molecule has 3 rings (SSSR count). The molecule has 1 heterocycles. The van der Waals surface area contributed by atoms with Gasteiger partial charge in [-0.25, -0.2) is 8.42 Å². The van der Waals surface area contributed by atoms with E-state index < -0.39 is 10.0 Å². The molecule has 0 aliphatic carbocycles. The molecule has 2 aromatic carbocycles. The highest BCUT2D eigenvalue weighted by atomic mass is 32.2. The van der Waals surface area contributed by atoms with Crippen LogP contribution < -0.4 is 5.32 Å². The van der Waals surface area contributed by atoms with Crippen molar-refractivity contribution >= 4 is 21.6 Å². The lowest BCUT2D eigenvalue weighted by Gasteiger charge is -2.30. The number of sulfonamides is 1. The van der Waals surface area contributed by atoms with Crippen LogP contribution in [0.25, 0.3) is 0 Å². The number of carbonyl (C=O) groups is 1. The fraction of sp³-hybridized carbons (Fsp3) is 0.381. The Morgan fingerprint density at radius 1 is 1.11 bits per heavy atom. The topological polar surface area (TPSA) is 66.5 Å². The molecule has 0 aromatic heterocycles. The van der Waals surface area contributed by atoms with E-state index in [0.29, 0.717) is 24.6 Å². The first-order chi connectivity index (χ1) is 12.8. The second kappa shape index (κ2) is 7.82. The van der Waals surface area contributed by atoms with E-state index in [1.165, 1.54) is 12.1 Å². The van der Waals surface area contributed by atoms with E-state index in [1.54, 1.807) is 16.4 Å². The molecule has 1 atom stereocenters. The SMILES string of the molecule is Cc1ccc(C)c(NC(=O)c2ccc(S(=O)(=O)N3CCCC(C)C3)cc2)c1. The molecule has 1 amide bonds. The van der Waals surface area contributed by atoms with Gasteiger partial charge in [0.1, 0.15) is 0 Å². The summed E-state index contributed by atoms with van der Waals surface area (Å²) in [4.78, 5) is 12.7. The van der Waals surface area contributed by atoms with Crippen molar-refractivity contribution in [2.24, 2.45) is 5.92 Å². The lowest BCUT2D eigenvalue weighted by molar-refractivity contribution is 0.102. The van der Waals surface area contributed by atoms with Crippen LogP contribution in [-0.2, 0) is 10.0 Å². The van der Waals surface area contributed by atoms with Gasteiger partial charge in [0.25, 0.3) is 5.91 Å². The molecule has 1 N–H and O–H groups in total. The summed E-state index contributed by atoms with van der Waals surface area (Å²) >= 11 is 0. The standard InChI is InChI=1S/C21H26N2O3S/c1-15-6-7-17(3)20(13-15)22-21(24)18-8-10-19(11-9-18)27(25,26)23-12-4-5-16(2)14-23/h6-11,13,16H,4-5,12,14H2,1-3H3,(H,22,24). The lowest BCUT2D eigenvalue weighted by Crippen LogP contribution is -2.39. The zero-order chi connectivity index (χ0) is 19.6. The molecule has 0 spiro atoms. The number of aryl methyl sites for hydroxylation is 2. The Hall–Kier alpha value is -2.18. The first-order valence-corrected chi connectivity index (χ1v) is 10.7. The molecule has 1 aliphatic heterocycles. The molecular formula is C21H26N2O3S. The smallest absolute Gasteiger partial charge is 0.255 e. The van der Waals surface area contributed by atoms with Gasteiger partial charge in [0.2, 0.25) is 10.0 Å². The summed E-state index contributed by atoms with van der Waals surface area (Å²) in [5, 5.41) is 2.90. The predicted octanol–water partition coefficient (Wildman–Crippen LogP) is 3.98. The molecule has 5 nitrogen and oxygen atoms in total. The second-order valence-corrected chi connectivity index (χ2v) is 9.35. The first-order valence-electron chi connectivity index (χ1n) is 9.26. The number of rotatable bonds is 4. The highest BCUT2D eigenvalue weighted by Crippen LogP contribution is 2.24. The summed E-state index contributed by atoms with van der Waals surface area (Å²) in [6.07, 6.45) is 1.94. The number of carbonyl (C=O) groups excluding carboxylic acids is 1. The third kappa shape index (κ3) is 4.39. The number of anilines is 1. The number of amides is 1. The van der Waals surface area contributed by atoms with Crippen LogP contribution in [0.15, 0.2) is 47.4 Å². The predicted molar refractivity (Wildman–Crippen MR) is 107 cm³/mol. The number of benzene rings is 2. The molecule has 6 heteroatoms. The summed E-state index contributed by atoms with van der Waals surface area (Å²) in [5.74, 6) is 0.121. The summed E-state index contributed by atoms with van der Waals surface area (Å²) in [6, 6.07) is 12.1. The van der Waals surface area contributed by atoms with Crippen LogP contribution in [0.4, 0.5) is 5.69 Å². The maximum Gasteiger partial charge on any atom is 0.255 e. The summed E-state index contributed by atoms with van der Waals surface area (Å²) < 4.78 is 27.2. The maximum absolute atomic E-state index is 12.8. The van der Waals surface area contributed by atoms with Gasteiger partial charge in [0.15, 0.2) is 0 Å². The van der Waals surface area contributed by atoms with Crippen LogP contribution >= 0.6 is 0 Å². The number of hydrogen-bond acceptors (Lipinski definition) is 3. The van der Waals surface area contributed by atoms with Gasteiger partial charge < -0.3 is 5.32 Å². The minimum Gasteiger partial charge on any atom is -0.322 e. The summed E-state index contributed by atoms with van der Waals surface area (Å²) in [5.41, 5.74) is 3.24. The maximum atomic E-state index is 12.8. The Morgan fingerprint density at radius 3 is 2.48 bits per heavy atom. The van der Waals surface area contributed by atoms with Crippen LogP contribution in [0.1, 0.15) is 41.3 Å². The fourth-order valence-corrected chi connectivity index (χ4v) is 4.96. The Bertz CT molecular complexity index is 936. The molecule has 0 bridgehead atoms. The van der Waals surface area contributed by atoms with E-state index in [2.05, 4.69) is 12.2 Å². The van der Waals surface area contributed by atoms with Crippen molar-refractivity contribution in [1.29, 1.82) is 0 Å². The van der Waals surface area contributed by atoms with Gasteiger partial charge in [-0.15, -0.1) is 0 Å². The molecule has 1 saturated heterocycles. The van der Waals surface area contributed by atoms with Crippen molar-refractivity contribution in [3.8, 4) is 0 Å². The Morgan fingerprint density at radius 2 is 1.81 bits per heavy atom. The lowest BCUT2D eigenvalue weighted by atomic mass is 10.0. The van der Waals surface area contributed by atoms with Crippen molar-refractivity contribution in [3.05, 3.63) is 59.2 Å². The molecule has 1 aliphatic rings. The van der Waals surface area contributed by atoms with Crippen LogP contribution in [0.3, 0.4) is 0 Å². The van der Waals surface area contributed by atoms with Gasteiger partial charge in [-0.3, -0.25) is 4.79 Å². The molecule has 1 unspecified atom stereocenters. The van der Waals surface area contributed by atoms with Crippen LogP contribution in [0.5, 0.6) is 0 Å². The van der Waals surface area contributed by atoms with E-state index in [4.69, 9.17) is 0 Å². The number of nitrogens with one attached hydrogen (secondary N) is 1. The van der Waals surface area contributed by atoms with E-state index in [0.717, 1.165) is 29.7 Å². The Balaban J connectivity index is 1.76. The van der Waals surface area contributed by atoms with Crippen molar-refractivity contribution in [2.75, 3.05) is 18.4 Å². The largest absolute Gasteiger partial charge is 0.322 e.